The molecule has 4 nitrogen and oxygen atoms in total. The minimum atomic E-state index is -2.71. The van der Waals surface area contributed by atoms with E-state index >= 15 is 0 Å². The Labute approximate surface area is 91.9 Å². The summed E-state index contributed by atoms with van der Waals surface area (Å²) in [6.07, 6.45) is 2.48. The van der Waals surface area contributed by atoms with Gasteiger partial charge in [-0.25, -0.2) is 8.42 Å². The molecule has 0 bridgehead atoms. The second kappa shape index (κ2) is 4.80. The van der Waals surface area contributed by atoms with Crippen molar-refractivity contribution in [2.75, 3.05) is 44.2 Å². The Balaban J connectivity index is 1.76. The lowest BCUT2D eigenvalue weighted by Crippen LogP contribution is -2.44. The molecule has 0 aliphatic carbocycles. The summed E-state index contributed by atoms with van der Waals surface area (Å²) in [5.74, 6) is 1.49. The van der Waals surface area contributed by atoms with Crippen molar-refractivity contribution < 1.29 is 8.42 Å². The molecule has 88 valence electrons. The van der Waals surface area contributed by atoms with Crippen LogP contribution in [0.3, 0.4) is 0 Å². The second-order valence-electron chi connectivity index (χ2n) is 4.65. The van der Waals surface area contributed by atoms with E-state index in [4.69, 9.17) is 0 Å². The molecule has 2 aliphatic rings. The summed E-state index contributed by atoms with van der Waals surface area (Å²) in [4.78, 5) is 2.32. The van der Waals surface area contributed by atoms with Gasteiger partial charge in [0.1, 0.15) is 0 Å². The first-order valence-electron chi connectivity index (χ1n) is 5.79. The maximum Gasteiger partial charge on any atom is 0.152 e. The van der Waals surface area contributed by atoms with Crippen molar-refractivity contribution >= 4 is 9.84 Å². The molecule has 0 spiro atoms. The van der Waals surface area contributed by atoms with Gasteiger partial charge in [0, 0.05) is 19.6 Å². The van der Waals surface area contributed by atoms with Crippen LogP contribution in [0.4, 0.5) is 0 Å². The van der Waals surface area contributed by atoms with Crippen LogP contribution in [0.25, 0.3) is 0 Å². The summed E-state index contributed by atoms with van der Waals surface area (Å²) < 4.78 is 22.5. The number of hydrogen-bond acceptors (Lipinski definition) is 4. The highest BCUT2D eigenvalue weighted by Crippen LogP contribution is 2.15. The summed E-state index contributed by atoms with van der Waals surface area (Å²) in [6, 6.07) is 0. The third kappa shape index (κ3) is 3.43. The Bertz CT molecular complexity index is 283. The maximum absolute atomic E-state index is 11.3. The van der Waals surface area contributed by atoms with Crippen LogP contribution in [0.5, 0.6) is 0 Å². The van der Waals surface area contributed by atoms with Crippen LogP contribution in [0.2, 0.25) is 0 Å². The van der Waals surface area contributed by atoms with Gasteiger partial charge in [-0.05, 0) is 31.8 Å². The number of sulfone groups is 1. The molecule has 1 N–H and O–H groups in total. The van der Waals surface area contributed by atoms with Gasteiger partial charge >= 0.3 is 0 Å². The Kier molecular flexibility index (Phi) is 3.64. The SMILES string of the molecule is O=S1(=O)CCN(CC2CCNCC2)CC1. The molecule has 0 amide bonds. The highest BCUT2D eigenvalue weighted by Gasteiger charge is 2.24. The van der Waals surface area contributed by atoms with Crippen LogP contribution < -0.4 is 5.32 Å². The Morgan fingerprint density at radius 3 is 2.33 bits per heavy atom. The Morgan fingerprint density at radius 2 is 1.73 bits per heavy atom. The molecule has 0 radical (unpaired) electrons. The predicted octanol–water partition coefficient (Wildman–Crippen LogP) is -0.284. The Morgan fingerprint density at radius 1 is 1.13 bits per heavy atom. The molecule has 0 aromatic heterocycles. The zero-order chi connectivity index (χ0) is 10.7. The molecule has 2 fully saturated rings. The fraction of sp³-hybridized carbons (Fsp3) is 1.00. The molecule has 0 saturated carbocycles. The van der Waals surface area contributed by atoms with E-state index in [2.05, 4.69) is 10.2 Å². The largest absolute Gasteiger partial charge is 0.317 e. The number of piperidine rings is 1. The van der Waals surface area contributed by atoms with E-state index in [0.29, 0.717) is 11.5 Å². The molecule has 0 atom stereocenters. The van der Waals surface area contributed by atoms with Crippen LogP contribution in [0.15, 0.2) is 0 Å². The molecule has 2 heterocycles. The van der Waals surface area contributed by atoms with Crippen LogP contribution in [-0.4, -0.2) is 57.5 Å². The first kappa shape index (κ1) is 11.4. The van der Waals surface area contributed by atoms with Crippen LogP contribution in [-0.2, 0) is 9.84 Å². The van der Waals surface area contributed by atoms with E-state index in [1.54, 1.807) is 0 Å². The van der Waals surface area contributed by atoms with Gasteiger partial charge < -0.3 is 10.2 Å². The predicted molar refractivity (Wildman–Crippen MR) is 60.7 cm³/mol. The second-order valence-corrected chi connectivity index (χ2v) is 6.95. The molecule has 2 saturated heterocycles. The first-order chi connectivity index (χ1) is 7.16. The van der Waals surface area contributed by atoms with Crippen molar-refractivity contribution in [1.82, 2.24) is 10.2 Å². The molecular formula is C10H20N2O2S. The van der Waals surface area contributed by atoms with Crippen molar-refractivity contribution in [3.05, 3.63) is 0 Å². The molecule has 15 heavy (non-hydrogen) atoms. The van der Waals surface area contributed by atoms with Gasteiger partial charge in [-0.15, -0.1) is 0 Å². The Hall–Kier alpha value is -0.130. The number of nitrogens with zero attached hydrogens (tertiary/aromatic N) is 1. The van der Waals surface area contributed by atoms with Gasteiger partial charge in [0.25, 0.3) is 0 Å². The quantitative estimate of drug-likeness (QED) is 0.711. The fourth-order valence-corrected chi connectivity index (χ4v) is 3.64. The summed E-state index contributed by atoms with van der Waals surface area (Å²) in [5, 5.41) is 3.35. The topological polar surface area (TPSA) is 49.4 Å². The van der Waals surface area contributed by atoms with Crippen molar-refractivity contribution in [1.29, 1.82) is 0 Å². The molecule has 2 rings (SSSR count). The van der Waals surface area contributed by atoms with Crippen molar-refractivity contribution in [2.24, 2.45) is 5.92 Å². The van der Waals surface area contributed by atoms with Crippen LogP contribution in [0, 0.1) is 5.92 Å². The lowest BCUT2D eigenvalue weighted by molar-refractivity contribution is 0.218. The van der Waals surface area contributed by atoms with E-state index in [0.717, 1.165) is 38.6 Å². The number of hydrogen-bond donors (Lipinski definition) is 1. The standard InChI is InChI=1S/C10H20N2O2S/c13-15(14)7-5-12(6-8-15)9-10-1-3-11-4-2-10/h10-11H,1-9H2. The highest BCUT2D eigenvalue weighted by atomic mass is 32.2. The zero-order valence-corrected chi connectivity index (χ0v) is 9.93. The van der Waals surface area contributed by atoms with Gasteiger partial charge in [0.15, 0.2) is 9.84 Å². The summed E-state index contributed by atoms with van der Waals surface area (Å²) >= 11 is 0. The molecule has 0 aromatic rings. The third-order valence-electron chi connectivity index (χ3n) is 3.41. The van der Waals surface area contributed by atoms with E-state index < -0.39 is 9.84 Å². The zero-order valence-electron chi connectivity index (χ0n) is 9.11. The first-order valence-corrected chi connectivity index (χ1v) is 7.61. The number of nitrogens with one attached hydrogen (secondary N) is 1. The fourth-order valence-electron chi connectivity index (χ4n) is 2.36. The number of rotatable bonds is 2. The molecule has 2 aliphatic heterocycles. The van der Waals surface area contributed by atoms with E-state index in [1.807, 2.05) is 0 Å². The van der Waals surface area contributed by atoms with Crippen molar-refractivity contribution in [2.45, 2.75) is 12.8 Å². The van der Waals surface area contributed by atoms with E-state index in [-0.39, 0.29) is 0 Å². The highest BCUT2D eigenvalue weighted by molar-refractivity contribution is 7.91. The van der Waals surface area contributed by atoms with Crippen LogP contribution in [0.1, 0.15) is 12.8 Å². The summed E-state index contributed by atoms with van der Waals surface area (Å²) in [7, 11) is -2.71. The van der Waals surface area contributed by atoms with Gasteiger partial charge in [-0.2, -0.15) is 0 Å². The lowest BCUT2D eigenvalue weighted by atomic mass is 9.97. The molecular weight excluding hydrogens is 212 g/mol. The lowest BCUT2D eigenvalue weighted by Gasteiger charge is -2.32. The van der Waals surface area contributed by atoms with Gasteiger partial charge in [-0.3, -0.25) is 0 Å². The smallest absolute Gasteiger partial charge is 0.152 e. The summed E-state index contributed by atoms with van der Waals surface area (Å²) in [5.41, 5.74) is 0. The average molecular weight is 232 g/mol. The maximum atomic E-state index is 11.3. The van der Waals surface area contributed by atoms with E-state index in [9.17, 15) is 8.42 Å². The van der Waals surface area contributed by atoms with E-state index in [1.165, 1.54) is 12.8 Å². The molecule has 0 unspecified atom stereocenters. The summed E-state index contributed by atoms with van der Waals surface area (Å²) in [6.45, 7) is 4.82. The monoisotopic (exact) mass is 232 g/mol. The minimum absolute atomic E-state index is 0.359. The van der Waals surface area contributed by atoms with Crippen molar-refractivity contribution in [3.8, 4) is 0 Å². The third-order valence-corrected chi connectivity index (χ3v) is 5.02. The molecule has 5 heteroatoms. The van der Waals surface area contributed by atoms with Crippen molar-refractivity contribution in [3.63, 3.8) is 0 Å². The van der Waals surface area contributed by atoms with Gasteiger partial charge in [0.05, 0.1) is 11.5 Å². The van der Waals surface area contributed by atoms with Gasteiger partial charge in [0.2, 0.25) is 0 Å². The van der Waals surface area contributed by atoms with Gasteiger partial charge in [-0.1, -0.05) is 0 Å². The normalized spacial score (nSPS) is 29.1. The molecule has 0 aromatic carbocycles. The van der Waals surface area contributed by atoms with Crippen LogP contribution >= 0.6 is 0 Å². The average Bonchev–Trinajstić information content (AvgIpc) is 2.23. The minimum Gasteiger partial charge on any atom is -0.317 e.